The molecule has 1 saturated carbocycles. The largest absolute Gasteiger partial charge is 0.508 e. The number of aryl methyl sites for hydroxylation is 1. The summed E-state index contributed by atoms with van der Waals surface area (Å²) in [6, 6.07) is 5.80. The van der Waals surface area contributed by atoms with Crippen LogP contribution in [-0.4, -0.2) is 27.5 Å². The Labute approximate surface area is 158 Å². The van der Waals surface area contributed by atoms with E-state index in [2.05, 4.69) is 26.8 Å². The maximum atomic E-state index is 11.4. The van der Waals surface area contributed by atoms with Crippen LogP contribution in [0.3, 0.4) is 0 Å². The van der Waals surface area contributed by atoms with Crippen molar-refractivity contribution in [3.05, 3.63) is 29.3 Å². The standard InChI is InChI=1S/C23H36O3/c1-16(2)5-6-18-14-23(26,10-4-12-24)15-21-20-8-7-19(25)13-17(20)9-11-22(18,21)3/h7-8,13,16,18,21,24-26H,4-6,9-12,14-15H2,1-3H3/t18-,21+,22-,23+/m0/s1. The van der Waals surface area contributed by atoms with E-state index in [9.17, 15) is 15.3 Å². The lowest BCUT2D eigenvalue weighted by molar-refractivity contribution is -0.0936. The molecule has 1 fully saturated rings. The van der Waals surface area contributed by atoms with E-state index in [4.69, 9.17) is 0 Å². The SMILES string of the molecule is CC(C)CC[C@H]1C[C@](O)(CCCO)C[C@@H]2c3ccc(O)cc3CC[C@@]12C. The van der Waals surface area contributed by atoms with Gasteiger partial charge in [0.15, 0.2) is 0 Å². The van der Waals surface area contributed by atoms with Crippen LogP contribution in [-0.2, 0) is 6.42 Å². The van der Waals surface area contributed by atoms with E-state index >= 15 is 0 Å². The molecule has 0 aliphatic heterocycles. The van der Waals surface area contributed by atoms with Crippen molar-refractivity contribution in [1.82, 2.24) is 0 Å². The molecule has 3 nitrogen and oxygen atoms in total. The fourth-order valence-corrected chi connectivity index (χ4v) is 5.65. The Morgan fingerprint density at radius 1 is 1.23 bits per heavy atom. The van der Waals surface area contributed by atoms with Crippen LogP contribution >= 0.6 is 0 Å². The molecule has 3 rings (SSSR count). The molecule has 0 amide bonds. The number of hydrogen-bond acceptors (Lipinski definition) is 3. The van der Waals surface area contributed by atoms with E-state index in [1.165, 1.54) is 24.0 Å². The van der Waals surface area contributed by atoms with Gasteiger partial charge in [0.1, 0.15) is 5.75 Å². The highest BCUT2D eigenvalue weighted by Gasteiger charge is 2.53. The third-order valence-corrected chi connectivity index (χ3v) is 7.27. The van der Waals surface area contributed by atoms with Crippen molar-refractivity contribution < 1.29 is 15.3 Å². The Balaban J connectivity index is 1.95. The van der Waals surface area contributed by atoms with Crippen molar-refractivity contribution in [3.63, 3.8) is 0 Å². The lowest BCUT2D eigenvalue weighted by Crippen LogP contribution is -2.50. The highest BCUT2D eigenvalue weighted by atomic mass is 16.3. The van der Waals surface area contributed by atoms with Gasteiger partial charge in [-0.3, -0.25) is 0 Å². The molecule has 0 unspecified atom stereocenters. The lowest BCUT2D eigenvalue weighted by atomic mass is 9.50. The van der Waals surface area contributed by atoms with E-state index in [-0.39, 0.29) is 12.0 Å². The van der Waals surface area contributed by atoms with Gasteiger partial charge in [0.2, 0.25) is 0 Å². The molecule has 1 aromatic rings. The van der Waals surface area contributed by atoms with Gasteiger partial charge in [0, 0.05) is 6.61 Å². The molecular formula is C23H36O3. The molecule has 4 atom stereocenters. The number of fused-ring (bicyclic) bond motifs is 3. The molecule has 0 bridgehead atoms. The van der Waals surface area contributed by atoms with Crippen molar-refractivity contribution in [2.45, 2.75) is 83.7 Å². The Bertz CT molecular complexity index is 626. The number of aliphatic hydroxyl groups excluding tert-OH is 1. The van der Waals surface area contributed by atoms with E-state index in [1.807, 2.05) is 6.07 Å². The summed E-state index contributed by atoms with van der Waals surface area (Å²) in [4.78, 5) is 0. The van der Waals surface area contributed by atoms with Gasteiger partial charge in [-0.15, -0.1) is 0 Å². The first-order valence-electron chi connectivity index (χ1n) is 10.4. The molecule has 0 radical (unpaired) electrons. The van der Waals surface area contributed by atoms with Gasteiger partial charge in [-0.2, -0.15) is 0 Å². The van der Waals surface area contributed by atoms with Crippen LogP contribution in [0.2, 0.25) is 0 Å². The summed E-state index contributed by atoms with van der Waals surface area (Å²) >= 11 is 0. The van der Waals surface area contributed by atoms with Crippen LogP contribution in [0.4, 0.5) is 0 Å². The number of aliphatic hydroxyl groups is 2. The molecule has 0 spiro atoms. The number of benzene rings is 1. The smallest absolute Gasteiger partial charge is 0.115 e. The highest BCUT2D eigenvalue weighted by molar-refractivity contribution is 5.41. The number of phenols is 1. The summed E-state index contributed by atoms with van der Waals surface area (Å²) in [5.41, 5.74) is 2.11. The van der Waals surface area contributed by atoms with Crippen molar-refractivity contribution in [2.24, 2.45) is 17.3 Å². The summed E-state index contributed by atoms with van der Waals surface area (Å²) in [5, 5.41) is 30.6. The second-order valence-electron chi connectivity index (χ2n) is 9.57. The zero-order valence-electron chi connectivity index (χ0n) is 16.7. The summed E-state index contributed by atoms with van der Waals surface area (Å²) < 4.78 is 0. The molecule has 146 valence electrons. The molecule has 2 aliphatic rings. The molecule has 26 heavy (non-hydrogen) atoms. The van der Waals surface area contributed by atoms with Crippen molar-refractivity contribution >= 4 is 0 Å². The Kier molecular flexibility index (Phi) is 5.69. The summed E-state index contributed by atoms with van der Waals surface area (Å²) in [6.07, 6.45) is 7.50. The molecule has 0 saturated heterocycles. The second kappa shape index (κ2) is 7.52. The molecule has 0 aromatic heterocycles. The van der Waals surface area contributed by atoms with Gasteiger partial charge in [-0.1, -0.05) is 33.3 Å². The van der Waals surface area contributed by atoms with Gasteiger partial charge >= 0.3 is 0 Å². The maximum absolute atomic E-state index is 11.4. The highest BCUT2D eigenvalue weighted by Crippen LogP contribution is 2.60. The van der Waals surface area contributed by atoms with Crippen molar-refractivity contribution in [3.8, 4) is 5.75 Å². The fraction of sp³-hybridized carbons (Fsp3) is 0.739. The molecule has 3 heteroatoms. The van der Waals surface area contributed by atoms with Crippen LogP contribution in [0.15, 0.2) is 18.2 Å². The predicted molar refractivity (Wildman–Crippen MR) is 105 cm³/mol. The second-order valence-corrected chi connectivity index (χ2v) is 9.57. The van der Waals surface area contributed by atoms with Crippen molar-refractivity contribution in [1.29, 1.82) is 0 Å². The van der Waals surface area contributed by atoms with Crippen LogP contribution in [0.1, 0.15) is 82.8 Å². The van der Waals surface area contributed by atoms with Gasteiger partial charge in [-0.05, 0) is 91.4 Å². The zero-order chi connectivity index (χ0) is 18.9. The Hall–Kier alpha value is -1.06. The maximum Gasteiger partial charge on any atom is 0.115 e. The number of rotatable bonds is 6. The molecule has 3 N–H and O–H groups in total. The first kappa shape index (κ1) is 19.7. The fourth-order valence-electron chi connectivity index (χ4n) is 5.65. The minimum atomic E-state index is -0.680. The minimum absolute atomic E-state index is 0.144. The third kappa shape index (κ3) is 3.80. The lowest BCUT2D eigenvalue weighted by Gasteiger charge is -2.56. The van der Waals surface area contributed by atoms with Crippen LogP contribution in [0, 0.1) is 17.3 Å². The third-order valence-electron chi connectivity index (χ3n) is 7.27. The van der Waals surface area contributed by atoms with E-state index in [0.717, 1.165) is 25.7 Å². The molecule has 1 aromatic carbocycles. The first-order chi connectivity index (χ1) is 12.3. The van der Waals surface area contributed by atoms with Crippen LogP contribution in [0.25, 0.3) is 0 Å². The van der Waals surface area contributed by atoms with Gasteiger partial charge < -0.3 is 15.3 Å². The average Bonchev–Trinajstić information content (AvgIpc) is 2.59. The Morgan fingerprint density at radius 2 is 2.00 bits per heavy atom. The topological polar surface area (TPSA) is 60.7 Å². The van der Waals surface area contributed by atoms with E-state index in [1.54, 1.807) is 6.07 Å². The number of aromatic hydroxyl groups is 1. The Morgan fingerprint density at radius 3 is 2.69 bits per heavy atom. The quantitative estimate of drug-likeness (QED) is 0.684. The van der Waals surface area contributed by atoms with Crippen molar-refractivity contribution in [2.75, 3.05) is 6.61 Å². The number of hydrogen-bond donors (Lipinski definition) is 3. The van der Waals surface area contributed by atoms with Gasteiger partial charge in [-0.25, -0.2) is 0 Å². The molecule has 2 aliphatic carbocycles. The van der Waals surface area contributed by atoms with Crippen LogP contribution < -0.4 is 0 Å². The number of phenolic OH excluding ortho intramolecular Hbond substituents is 1. The summed E-state index contributed by atoms with van der Waals surface area (Å²) in [6.45, 7) is 7.13. The van der Waals surface area contributed by atoms with Crippen LogP contribution in [0.5, 0.6) is 5.75 Å². The minimum Gasteiger partial charge on any atom is -0.508 e. The monoisotopic (exact) mass is 360 g/mol. The first-order valence-corrected chi connectivity index (χ1v) is 10.4. The normalized spacial score (nSPS) is 33.8. The van der Waals surface area contributed by atoms with Gasteiger partial charge in [0.25, 0.3) is 0 Å². The zero-order valence-corrected chi connectivity index (χ0v) is 16.7. The van der Waals surface area contributed by atoms with Gasteiger partial charge in [0.05, 0.1) is 5.60 Å². The molecule has 0 heterocycles. The average molecular weight is 361 g/mol. The summed E-state index contributed by atoms with van der Waals surface area (Å²) in [5.74, 6) is 1.86. The van der Waals surface area contributed by atoms with E-state index < -0.39 is 5.60 Å². The predicted octanol–water partition coefficient (Wildman–Crippen LogP) is 4.78. The summed E-state index contributed by atoms with van der Waals surface area (Å²) in [7, 11) is 0. The molecular weight excluding hydrogens is 324 g/mol. The van der Waals surface area contributed by atoms with E-state index in [0.29, 0.717) is 36.3 Å².